The summed E-state index contributed by atoms with van der Waals surface area (Å²) in [5, 5.41) is 19.4. The molecule has 76 valence electrons. The van der Waals surface area contributed by atoms with Gasteiger partial charge in [-0.05, 0) is 26.7 Å². The zero-order valence-electron chi connectivity index (χ0n) is 8.13. The Morgan fingerprint density at radius 2 is 2.08 bits per heavy atom. The van der Waals surface area contributed by atoms with Crippen LogP contribution in [0.2, 0.25) is 0 Å². The Balaban J connectivity index is 2.76. The Bertz CT molecular complexity index is 213. The number of aliphatic hydroxyl groups excluding tert-OH is 2. The van der Waals surface area contributed by atoms with Crippen molar-refractivity contribution in [1.82, 2.24) is 0 Å². The summed E-state index contributed by atoms with van der Waals surface area (Å²) in [5.41, 5.74) is 0.915. The van der Waals surface area contributed by atoms with Gasteiger partial charge in [0.2, 0.25) is 0 Å². The van der Waals surface area contributed by atoms with Crippen molar-refractivity contribution in [2.24, 2.45) is 5.92 Å². The van der Waals surface area contributed by atoms with E-state index in [0.717, 1.165) is 12.0 Å². The standard InChI is InChI=1S/C10H17ClO2/c1-6(2)7-4-5-10(3,11)9(13)8(7)12/h7-9,12-13H,1,4-5H2,2-3H3/t7-,8-,9+,10-/m1/s1. The van der Waals surface area contributed by atoms with E-state index < -0.39 is 17.1 Å². The molecule has 0 unspecified atom stereocenters. The van der Waals surface area contributed by atoms with Crippen LogP contribution in [0.15, 0.2) is 12.2 Å². The first-order chi connectivity index (χ1) is 5.86. The molecule has 0 spiro atoms. The second-order valence-corrected chi connectivity index (χ2v) is 5.07. The van der Waals surface area contributed by atoms with Gasteiger partial charge in [-0.25, -0.2) is 0 Å². The van der Waals surface area contributed by atoms with E-state index in [9.17, 15) is 10.2 Å². The summed E-state index contributed by atoms with van der Waals surface area (Å²) < 4.78 is 0. The summed E-state index contributed by atoms with van der Waals surface area (Å²) in [7, 11) is 0. The van der Waals surface area contributed by atoms with Crippen molar-refractivity contribution in [3.8, 4) is 0 Å². The van der Waals surface area contributed by atoms with Gasteiger partial charge < -0.3 is 10.2 Å². The van der Waals surface area contributed by atoms with Gasteiger partial charge in [-0.2, -0.15) is 0 Å². The highest BCUT2D eigenvalue weighted by Crippen LogP contribution is 2.39. The Labute approximate surface area is 84.2 Å². The number of halogens is 1. The number of aliphatic hydroxyl groups is 2. The van der Waals surface area contributed by atoms with E-state index in [0.29, 0.717) is 6.42 Å². The zero-order chi connectivity index (χ0) is 10.2. The van der Waals surface area contributed by atoms with Crippen molar-refractivity contribution in [3.63, 3.8) is 0 Å². The Morgan fingerprint density at radius 1 is 1.54 bits per heavy atom. The van der Waals surface area contributed by atoms with Crippen LogP contribution in [0.5, 0.6) is 0 Å². The Hall–Kier alpha value is -0.0500. The largest absolute Gasteiger partial charge is 0.390 e. The van der Waals surface area contributed by atoms with Gasteiger partial charge in [0.15, 0.2) is 0 Å². The van der Waals surface area contributed by atoms with Crippen LogP contribution < -0.4 is 0 Å². The molecule has 4 atom stereocenters. The maximum atomic E-state index is 9.75. The molecule has 0 radical (unpaired) electrons. The van der Waals surface area contributed by atoms with Crippen molar-refractivity contribution in [1.29, 1.82) is 0 Å². The molecule has 3 heteroatoms. The highest BCUT2D eigenvalue weighted by atomic mass is 35.5. The SMILES string of the molecule is C=C(C)[C@H]1CC[C@@](C)(Cl)[C@@H](O)[C@@H]1O. The third kappa shape index (κ3) is 2.06. The van der Waals surface area contributed by atoms with E-state index in [4.69, 9.17) is 11.6 Å². The molecule has 0 aliphatic heterocycles. The molecular weight excluding hydrogens is 188 g/mol. The topological polar surface area (TPSA) is 40.5 Å². The van der Waals surface area contributed by atoms with Gasteiger partial charge >= 0.3 is 0 Å². The Kier molecular flexibility index (Phi) is 3.05. The number of hydrogen-bond acceptors (Lipinski definition) is 2. The summed E-state index contributed by atoms with van der Waals surface area (Å²) in [4.78, 5) is -0.689. The summed E-state index contributed by atoms with van der Waals surface area (Å²) in [5.74, 6) is -0.0122. The average Bonchev–Trinajstić information content (AvgIpc) is 2.00. The lowest BCUT2D eigenvalue weighted by Gasteiger charge is -2.41. The maximum Gasteiger partial charge on any atom is 0.0993 e. The lowest BCUT2D eigenvalue weighted by atomic mass is 9.75. The van der Waals surface area contributed by atoms with Gasteiger partial charge in [-0.15, -0.1) is 11.6 Å². The lowest BCUT2D eigenvalue weighted by molar-refractivity contribution is -0.0531. The van der Waals surface area contributed by atoms with Crippen molar-refractivity contribution in [3.05, 3.63) is 12.2 Å². The van der Waals surface area contributed by atoms with E-state index in [1.165, 1.54) is 0 Å². The molecule has 0 saturated heterocycles. The highest BCUT2D eigenvalue weighted by molar-refractivity contribution is 6.24. The van der Waals surface area contributed by atoms with Crippen molar-refractivity contribution >= 4 is 11.6 Å². The van der Waals surface area contributed by atoms with Crippen LogP contribution >= 0.6 is 11.6 Å². The summed E-state index contributed by atoms with van der Waals surface area (Å²) in [6, 6.07) is 0. The highest BCUT2D eigenvalue weighted by Gasteiger charge is 2.44. The van der Waals surface area contributed by atoms with Crippen molar-refractivity contribution < 1.29 is 10.2 Å². The molecule has 0 heterocycles. The normalized spacial score (nSPS) is 46.1. The van der Waals surface area contributed by atoms with Gasteiger partial charge in [0.25, 0.3) is 0 Å². The van der Waals surface area contributed by atoms with Crippen molar-refractivity contribution in [2.75, 3.05) is 0 Å². The molecule has 0 bridgehead atoms. The van der Waals surface area contributed by atoms with Gasteiger partial charge in [0.1, 0.15) is 0 Å². The maximum absolute atomic E-state index is 9.75. The van der Waals surface area contributed by atoms with Crippen molar-refractivity contribution in [2.45, 2.75) is 43.8 Å². The summed E-state index contributed by atoms with van der Waals surface area (Å²) in [6.07, 6.45) is -0.115. The molecule has 0 aromatic heterocycles. The van der Waals surface area contributed by atoms with Crippen LogP contribution in [0.4, 0.5) is 0 Å². The zero-order valence-corrected chi connectivity index (χ0v) is 8.88. The smallest absolute Gasteiger partial charge is 0.0993 e. The average molecular weight is 205 g/mol. The molecule has 0 aromatic rings. The van der Waals surface area contributed by atoms with Gasteiger partial charge in [-0.3, -0.25) is 0 Å². The predicted molar refractivity (Wildman–Crippen MR) is 53.8 cm³/mol. The molecule has 1 aliphatic carbocycles. The van der Waals surface area contributed by atoms with Crippen LogP contribution in [0, 0.1) is 5.92 Å². The number of rotatable bonds is 1. The molecule has 2 nitrogen and oxygen atoms in total. The monoisotopic (exact) mass is 204 g/mol. The minimum Gasteiger partial charge on any atom is -0.390 e. The molecule has 1 rings (SSSR count). The molecule has 0 aromatic carbocycles. The third-order valence-electron chi connectivity index (χ3n) is 2.93. The van der Waals surface area contributed by atoms with Gasteiger partial charge in [-0.1, -0.05) is 12.2 Å². The van der Waals surface area contributed by atoms with Crippen LogP contribution in [0.1, 0.15) is 26.7 Å². The summed E-state index contributed by atoms with van der Waals surface area (Å²) in [6.45, 7) is 7.43. The molecule has 2 N–H and O–H groups in total. The molecule has 1 saturated carbocycles. The molecule has 1 aliphatic rings. The van der Waals surface area contributed by atoms with E-state index in [1.807, 2.05) is 6.92 Å². The van der Waals surface area contributed by atoms with Crippen LogP contribution in [0.25, 0.3) is 0 Å². The fourth-order valence-electron chi connectivity index (χ4n) is 1.87. The summed E-state index contributed by atoms with van der Waals surface area (Å²) >= 11 is 6.05. The minimum absolute atomic E-state index is 0.0122. The minimum atomic E-state index is -0.857. The quantitative estimate of drug-likeness (QED) is 0.504. The van der Waals surface area contributed by atoms with Crippen LogP contribution in [-0.2, 0) is 0 Å². The Morgan fingerprint density at radius 3 is 2.54 bits per heavy atom. The van der Waals surface area contributed by atoms with E-state index in [1.54, 1.807) is 6.92 Å². The molecule has 13 heavy (non-hydrogen) atoms. The van der Waals surface area contributed by atoms with E-state index in [2.05, 4.69) is 6.58 Å². The third-order valence-corrected chi connectivity index (χ3v) is 3.34. The molecule has 1 fully saturated rings. The van der Waals surface area contributed by atoms with Crippen LogP contribution in [0.3, 0.4) is 0 Å². The number of hydrogen-bond donors (Lipinski definition) is 2. The molecular formula is C10H17ClO2. The predicted octanol–water partition coefficient (Wildman–Crippen LogP) is 1.69. The van der Waals surface area contributed by atoms with Gasteiger partial charge in [0, 0.05) is 5.92 Å². The fourth-order valence-corrected chi connectivity index (χ4v) is 2.11. The van der Waals surface area contributed by atoms with E-state index >= 15 is 0 Å². The van der Waals surface area contributed by atoms with Gasteiger partial charge in [0.05, 0.1) is 17.1 Å². The lowest BCUT2D eigenvalue weighted by Crippen LogP contribution is -2.50. The second-order valence-electron chi connectivity index (χ2n) is 4.21. The van der Waals surface area contributed by atoms with E-state index in [-0.39, 0.29) is 5.92 Å². The second kappa shape index (κ2) is 3.60. The van der Waals surface area contributed by atoms with Crippen LogP contribution in [-0.4, -0.2) is 27.3 Å². The fraction of sp³-hybridized carbons (Fsp3) is 0.800. The first-order valence-corrected chi connectivity index (χ1v) is 4.94. The molecule has 0 amide bonds. The first kappa shape index (κ1) is 11.0. The number of alkyl halides is 1. The first-order valence-electron chi connectivity index (χ1n) is 4.56.